The van der Waals surface area contributed by atoms with Gasteiger partial charge in [0.25, 0.3) is 0 Å². The summed E-state index contributed by atoms with van der Waals surface area (Å²) in [6.07, 6.45) is 1.59. The molecule has 1 N–H and O–H groups in total. The van der Waals surface area contributed by atoms with E-state index in [2.05, 4.69) is 0 Å². The number of carbonyl (C=O) groups is 1. The van der Waals surface area contributed by atoms with E-state index >= 15 is 0 Å². The van der Waals surface area contributed by atoms with Crippen molar-refractivity contribution in [1.82, 2.24) is 4.90 Å². The lowest BCUT2D eigenvalue weighted by molar-refractivity contribution is -0.135. The topological polar surface area (TPSA) is 49.8 Å². The number of amides is 1. The van der Waals surface area contributed by atoms with Crippen LogP contribution in [0.5, 0.6) is 0 Å². The highest BCUT2D eigenvalue weighted by Crippen LogP contribution is 2.30. The highest BCUT2D eigenvalue weighted by molar-refractivity contribution is 5.79. The third kappa shape index (κ3) is 3.53. The van der Waals surface area contributed by atoms with E-state index in [0.29, 0.717) is 26.2 Å². The summed E-state index contributed by atoms with van der Waals surface area (Å²) >= 11 is 0. The number of hydrogen-bond donors (Lipinski definition) is 1. The monoisotopic (exact) mass is 325 g/mol. The lowest BCUT2D eigenvalue weighted by Gasteiger charge is -2.37. The Balaban J connectivity index is 1.71. The van der Waals surface area contributed by atoms with Gasteiger partial charge in [-0.25, -0.2) is 8.78 Å². The van der Waals surface area contributed by atoms with Crippen LogP contribution in [0.4, 0.5) is 8.78 Å². The molecule has 23 heavy (non-hydrogen) atoms. The van der Waals surface area contributed by atoms with E-state index in [4.69, 9.17) is 4.74 Å². The van der Waals surface area contributed by atoms with Crippen LogP contribution >= 0.6 is 0 Å². The first kappa shape index (κ1) is 16.3. The highest BCUT2D eigenvalue weighted by atomic mass is 19.1. The van der Waals surface area contributed by atoms with Crippen molar-refractivity contribution in [2.24, 2.45) is 5.92 Å². The van der Waals surface area contributed by atoms with Crippen molar-refractivity contribution in [2.75, 3.05) is 19.8 Å². The summed E-state index contributed by atoms with van der Waals surface area (Å²) in [6, 6.07) is 3.06. The van der Waals surface area contributed by atoms with Gasteiger partial charge >= 0.3 is 0 Å². The van der Waals surface area contributed by atoms with E-state index in [-0.39, 0.29) is 29.9 Å². The minimum atomic E-state index is -0.573. The number of nitrogens with zero attached hydrogens (tertiary/aromatic N) is 1. The van der Waals surface area contributed by atoms with Crippen LogP contribution in [0.3, 0.4) is 0 Å². The maximum absolute atomic E-state index is 13.7. The van der Waals surface area contributed by atoms with E-state index in [0.717, 1.165) is 31.0 Å². The zero-order valence-electron chi connectivity index (χ0n) is 12.9. The summed E-state index contributed by atoms with van der Waals surface area (Å²) in [7, 11) is 0. The number of aliphatic hydroxyl groups is 1. The van der Waals surface area contributed by atoms with Crippen molar-refractivity contribution in [3.05, 3.63) is 35.4 Å². The quantitative estimate of drug-likeness (QED) is 0.923. The van der Waals surface area contributed by atoms with Crippen LogP contribution in [0.2, 0.25) is 0 Å². The van der Waals surface area contributed by atoms with Crippen molar-refractivity contribution in [2.45, 2.75) is 37.8 Å². The number of carbonyl (C=O) groups excluding carboxylic acids is 1. The smallest absolute Gasteiger partial charge is 0.227 e. The molecule has 1 aromatic rings. The minimum absolute atomic E-state index is 0.0705. The van der Waals surface area contributed by atoms with Crippen LogP contribution in [-0.2, 0) is 16.0 Å². The van der Waals surface area contributed by atoms with E-state index in [1.807, 2.05) is 0 Å². The number of rotatable bonds is 3. The normalized spacial score (nSPS) is 28.1. The average Bonchev–Trinajstić information content (AvgIpc) is 3.01. The molecule has 2 aliphatic heterocycles. The first-order valence-corrected chi connectivity index (χ1v) is 8.05. The van der Waals surface area contributed by atoms with Crippen molar-refractivity contribution in [3.8, 4) is 0 Å². The molecule has 0 saturated carbocycles. The average molecular weight is 325 g/mol. The molecule has 0 radical (unpaired) electrons. The number of benzene rings is 1. The molecule has 2 heterocycles. The summed E-state index contributed by atoms with van der Waals surface area (Å²) in [5.74, 6) is -1.46. The molecule has 3 unspecified atom stereocenters. The first-order valence-electron chi connectivity index (χ1n) is 8.05. The molecule has 2 saturated heterocycles. The Hall–Kier alpha value is -1.53. The summed E-state index contributed by atoms with van der Waals surface area (Å²) in [5, 5.41) is 10.2. The molecular formula is C17H21F2NO3. The standard InChI is InChI=1S/C17H21F2NO3/c18-12-3-4-14(19)11(8-12)9-17(22)20-6-1-2-15(20)13-10-23-7-5-16(13)21/h3-4,8,13,15-16,21H,1-2,5-7,9-10H2. The molecule has 3 rings (SSSR count). The van der Waals surface area contributed by atoms with E-state index in [1.54, 1.807) is 4.90 Å². The molecular weight excluding hydrogens is 304 g/mol. The van der Waals surface area contributed by atoms with Crippen molar-refractivity contribution < 1.29 is 23.4 Å². The van der Waals surface area contributed by atoms with Crippen LogP contribution < -0.4 is 0 Å². The van der Waals surface area contributed by atoms with Gasteiger partial charge in [-0.1, -0.05) is 0 Å². The summed E-state index contributed by atoms with van der Waals surface area (Å²) in [6.45, 7) is 1.56. The van der Waals surface area contributed by atoms with Gasteiger partial charge in [-0.15, -0.1) is 0 Å². The van der Waals surface area contributed by atoms with Crippen molar-refractivity contribution in [3.63, 3.8) is 0 Å². The van der Waals surface area contributed by atoms with E-state index in [9.17, 15) is 18.7 Å². The Kier molecular flexibility index (Phi) is 4.92. The lowest BCUT2D eigenvalue weighted by atomic mass is 9.89. The van der Waals surface area contributed by atoms with Gasteiger partial charge in [0.15, 0.2) is 0 Å². The zero-order chi connectivity index (χ0) is 16.4. The number of likely N-dealkylation sites (tertiary alicyclic amines) is 1. The molecule has 4 nitrogen and oxygen atoms in total. The molecule has 0 bridgehead atoms. The van der Waals surface area contributed by atoms with E-state index in [1.165, 1.54) is 0 Å². The minimum Gasteiger partial charge on any atom is -0.393 e. The second-order valence-electron chi connectivity index (χ2n) is 6.30. The largest absolute Gasteiger partial charge is 0.393 e. The predicted octanol–water partition coefficient (Wildman–Crippen LogP) is 1.90. The summed E-state index contributed by atoms with van der Waals surface area (Å²) < 4.78 is 32.4. The zero-order valence-corrected chi connectivity index (χ0v) is 12.9. The molecule has 2 aliphatic rings. The third-order valence-corrected chi connectivity index (χ3v) is 4.83. The van der Waals surface area contributed by atoms with Crippen LogP contribution in [0.1, 0.15) is 24.8 Å². The van der Waals surface area contributed by atoms with Gasteiger partial charge in [0.05, 0.1) is 19.1 Å². The molecule has 1 aromatic carbocycles. The van der Waals surface area contributed by atoms with Crippen LogP contribution in [-0.4, -0.2) is 47.8 Å². The van der Waals surface area contributed by atoms with Crippen LogP contribution in [0.15, 0.2) is 18.2 Å². The van der Waals surface area contributed by atoms with Crippen molar-refractivity contribution >= 4 is 5.91 Å². The fraction of sp³-hybridized carbons (Fsp3) is 0.588. The molecule has 1 amide bonds. The maximum atomic E-state index is 13.7. The van der Waals surface area contributed by atoms with Crippen LogP contribution in [0.25, 0.3) is 0 Å². The predicted molar refractivity (Wildman–Crippen MR) is 79.7 cm³/mol. The lowest BCUT2D eigenvalue weighted by Crippen LogP contribution is -2.48. The molecule has 2 fully saturated rings. The first-order chi connectivity index (χ1) is 11.1. The Morgan fingerprint density at radius 2 is 2.17 bits per heavy atom. The molecule has 0 aromatic heterocycles. The highest BCUT2D eigenvalue weighted by Gasteiger charge is 2.39. The number of hydrogen-bond acceptors (Lipinski definition) is 3. The van der Waals surface area contributed by atoms with Crippen molar-refractivity contribution in [1.29, 1.82) is 0 Å². The molecule has 126 valence electrons. The Morgan fingerprint density at radius 3 is 2.96 bits per heavy atom. The second kappa shape index (κ2) is 6.93. The Bertz CT molecular complexity index is 581. The number of ether oxygens (including phenoxy) is 1. The van der Waals surface area contributed by atoms with E-state index < -0.39 is 17.7 Å². The number of aliphatic hydroxyl groups excluding tert-OH is 1. The fourth-order valence-electron chi connectivity index (χ4n) is 3.61. The van der Waals surface area contributed by atoms with Gasteiger partial charge in [0, 0.05) is 30.7 Å². The Labute approximate surface area is 134 Å². The van der Waals surface area contributed by atoms with Gasteiger partial charge in [0.2, 0.25) is 5.91 Å². The molecule has 6 heteroatoms. The molecule has 3 atom stereocenters. The van der Waals surface area contributed by atoms with Gasteiger partial charge in [-0.05, 0) is 37.5 Å². The third-order valence-electron chi connectivity index (χ3n) is 4.83. The second-order valence-corrected chi connectivity index (χ2v) is 6.30. The summed E-state index contributed by atoms with van der Waals surface area (Å²) in [5.41, 5.74) is 0.0705. The van der Waals surface area contributed by atoms with Gasteiger partial charge in [0.1, 0.15) is 11.6 Å². The molecule has 0 aliphatic carbocycles. The Morgan fingerprint density at radius 1 is 1.35 bits per heavy atom. The van der Waals surface area contributed by atoms with Gasteiger partial charge in [-0.2, -0.15) is 0 Å². The summed E-state index contributed by atoms with van der Waals surface area (Å²) in [4.78, 5) is 14.3. The fourth-order valence-corrected chi connectivity index (χ4v) is 3.61. The van der Waals surface area contributed by atoms with Gasteiger partial charge in [-0.3, -0.25) is 4.79 Å². The molecule has 0 spiro atoms. The van der Waals surface area contributed by atoms with Crippen LogP contribution in [0, 0.1) is 17.6 Å². The van der Waals surface area contributed by atoms with Gasteiger partial charge < -0.3 is 14.7 Å². The maximum Gasteiger partial charge on any atom is 0.227 e. The number of halogens is 2. The SMILES string of the molecule is O=C(Cc1cc(F)ccc1F)N1CCCC1C1COCCC1O.